The monoisotopic (exact) mass is 675 g/mol. The first-order valence-corrected chi connectivity index (χ1v) is 15.6. The fraction of sp³-hybridized carbons (Fsp3) is 0.677. The molecule has 0 aromatic carbocycles. The largest absolute Gasteiger partial charge is 0.444 e. The van der Waals surface area contributed by atoms with Crippen molar-refractivity contribution in [1.29, 1.82) is 0 Å². The molecule has 0 aliphatic heterocycles. The molecule has 0 fully saturated rings. The van der Waals surface area contributed by atoms with Gasteiger partial charge in [-0.05, 0) is 81.0 Å². The van der Waals surface area contributed by atoms with Gasteiger partial charge in [-0.3, -0.25) is 24.0 Å². The highest BCUT2D eigenvalue weighted by molar-refractivity contribution is 6.22. The van der Waals surface area contributed by atoms with Gasteiger partial charge < -0.3 is 35.6 Å². The molecule has 0 saturated heterocycles. The van der Waals surface area contributed by atoms with Gasteiger partial charge in [0.05, 0.1) is 25.6 Å². The van der Waals surface area contributed by atoms with Crippen LogP contribution in [0.3, 0.4) is 0 Å². The lowest BCUT2D eigenvalue weighted by Crippen LogP contribution is -2.58. The Bertz CT molecular complexity index is 1300. The lowest BCUT2D eigenvalue weighted by Gasteiger charge is -2.29. The molecule has 0 bridgehead atoms. The molecule has 0 aliphatic carbocycles. The van der Waals surface area contributed by atoms with Crippen molar-refractivity contribution in [3.05, 3.63) is 18.2 Å². The van der Waals surface area contributed by atoms with Gasteiger partial charge in [0.15, 0.2) is 0 Å². The standard InChI is InChI=1S/C31H50BN7O9/c1-29(2,3)47-27(45)36-21(12-10-11-13-33-19-40)26(44)38(9)17-24(42)35-22(25(43)37-31(7,8)23(41)15-32)14-20-16-39(18-34-20)28(46)48-30(4,5)6/h16,18-19,21-22H,10-15,17H2,1-9H3,(H,33,40)(H,35,42)(H,36,45)(H,37,43)/t21-,22-/m0/s1. The molecule has 17 heteroatoms. The number of hydrogen-bond donors (Lipinski definition) is 4. The molecule has 1 aromatic heterocycles. The molecule has 0 unspecified atom stereocenters. The molecule has 5 amide bonds. The Labute approximate surface area is 283 Å². The van der Waals surface area contributed by atoms with Crippen LogP contribution in [-0.4, -0.2) is 113 Å². The van der Waals surface area contributed by atoms with Crippen molar-refractivity contribution in [2.24, 2.45) is 0 Å². The van der Waals surface area contributed by atoms with Crippen molar-refractivity contribution in [2.45, 2.75) is 116 Å². The molecule has 2 atom stereocenters. The lowest BCUT2D eigenvalue weighted by atomic mass is 9.88. The van der Waals surface area contributed by atoms with Crippen LogP contribution < -0.4 is 21.3 Å². The van der Waals surface area contributed by atoms with Gasteiger partial charge in [0.2, 0.25) is 24.1 Å². The summed E-state index contributed by atoms with van der Waals surface area (Å²) in [6.45, 7) is 12.9. The van der Waals surface area contributed by atoms with E-state index in [1.165, 1.54) is 33.4 Å². The number of Topliss-reactive ketones (excluding diaryl/α,β-unsaturated/α-hetero) is 1. The van der Waals surface area contributed by atoms with Gasteiger partial charge in [-0.1, -0.05) is 0 Å². The van der Waals surface area contributed by atoms with Gasteiger partial charge in [0, 0.05) is 26.2 Å². The average molecular weight is 676 g/mol. The number of alkyl carbamates (subject to hydrolysis) is 1. The summed E-state index contributed by atoms with van der Waals surface area (Å²) in [4.78, 5) is 93.1. The Morgan fingerprint density at radius 3 is 2.15 bits per heavy atom. The Kier molecular flexibility index (Phi) is 15.8. The van der Waals surface area contributed by atoms with Crippen LogP contribution in [0.4, 0.5) is 9.59 Å². The summed E-state index contributed by atoms with van der Waals surface area (Å²) >= 11 is 0. The van der Waals surface area contributed by atoms with Gasteiger partial charge in [0.25, 0.3) is 0 Å². The lowest BCUT2D eigenvalue weighted by molar-refractivity contribution is -0.137. The van der Waals surface area contributed by atoms with Gasteiger partial charge in [-0.2, -0.15) is 0 Å². The van der Waals surface area contributed by atoms with E-state index >= 15 is 0 Å². The van der Waals surface area contributed by atoms with E-state index < -0.39 is 71.1 Å². The quantitative estimate of drug-likeness (QED) is 0.105. The van der Waals surface area contributed by atoms with Crippen LogP contribution in [0.2, 0.25) is 6.32 Å². The fourth-order valence-corrected chi connectivity index (χ4v) is 4.16. The van der Waals surface area contributed by atoms with Crippen molar-refractivity contribution < 1.29 is 43.0 Å². The molecule has 16 nitrogen and oxygen atoms in total. The number of ether oxygens (including phenoxy) is 2. The van der Waals surface area contributed by atoms with E-state index in [-0.39, 0.29) is 24.9 Å². The molecule has 2 radical (unpaired) electrons. The maximum absolute atomic E-state index is 13.4. The minimum absolute atomic E-state index is 0.185. The van der Waals surface area contributed by atoms with Crippen LogP contribution in [0.5, 0.6) is 0 Å². The van der Waals surface area contributed by atoms with E-state index in [9.17, 15) is 33.6 Å². The van der Waals surface area contributed by atoms with Crippen LogP contribution in [0.25, 0.3) is 0 Å². The molecule has 266 valence electrons. The number of ketones is 1. The highest BCUT2D eigenvalue weighted by atomic mass is 16.6. The van der Waals surface area contributed by atoms with E-state index in [4.69, 9.17) is 17.3 Å². The Balaban J connectivity index is 3.15. The zero-order valence-electron chi connectivity index (χ0n) is 29.4. The van der Waals surface area contributed by atoms with Gasteiger partial charge in [-0.15, -0.1) is 0 Å². The highest BCUT2D eigenvalue weighted by Gasteiger charge is 2.33. The van der Waals surface area contributed by atoms with E-state index in [1.54, 1.807) is 41.5 Å². The highest BCUT2D eigenvalue weighted by Crippen LogP contribution is 2.13. The summed E-state index contributed by atoms with van der Waals surface area (Å²) in [5.74, 6) is -2.51. The number of nitrogens with one attached hydrogen (secondary N) is 4. The molecular weight excluding hydrogens is 625 g/mol. The van der Waals surface area contributed by atoms with Crippen LogP contribution >= 0.6 is 0 Å². The maximum atomic E-state index is 13.4. The second-order valence-corrected chi connectivity index (χ2v) is 13.8. The van der Waals surface area contributed by atoms with E-state index in [0.717, 1.165) is 9.47 Å². The van der Waals surface area contributed by atoms with E-state index in [0.29, 0.717) is 25.8 Å². The van der Waals surface area contributed by atoms with E-state index in [1.807, 2.05) is 0 Å². The summed E-state index contributed by atoms with van der Waals surface area (Å²) in [6, 6.07) is -2.33. The Morgan fingerprint density at radius 1 is 0.958 bits per heavy atom. The third kappa shape index (κ3) is 15.4. The van der Waals surface area contributed by atoms with Gasteiger partial charge >= 0.3 is 12.2 Å². The van der Waals surface area contributed by atoms with Crippen molar-refractivity contribution in [2.75, 3.05) is 20.1 Å². The first kappa shape index (κ1) is 41.6. The van der Waals surface area contributed by atoms with Crippen molar-refractivity contribution >= 4 is 49.9 Å². The normalized spacial score (nSPS) is 12.9. The van der Waals surface area contributed by atoms with Gasteiger partial charge in [-0.25, -0.2) is 19.1 Å². The number of hydrogen-bond acceptors (Lipinski definition) is 10. The summed E-state index contributed by atoms with van der Waals surface area (Å²) in [7, 11) is 6.85. The average Bonchev–Trinajstić information content (AvgIpc) is 3.42. The molecule has 1 aromatic rings. The Hall–Kier alpha value is -4.44. The molecular formula is C31H50BN7O9. The van der Waals surface area contributed by atoms with Crippen molar-refractivity contribution in [3.63, 3.8) is 0 Å². The molecule has 48 heavy (non-hydrogen) atoms. The predicted octanol–water partition coefficient (Wildman–Crippen LogP) is 1.01. The summed E-state index contributed by atoms with van der Waals surface area (Å²) in [6.07, 6.45) is 2.28. The van der Waals surface area contributed by atoms with E-state index in [2.05, 4.69) is 26.3 Å². The number of carbonyl (C=O) groups excluding carboxylic acids is 7. The second kappa shape index (κ2) is 18.2. The Morgan fingerprint density at radius 2 is 1.58 bits per heavy atom. The zero-order chi connectivity index (χ0) is 36.9. The molecule has 1 rings (SSSR count). The number of unbranched alkanes of at least 4 members (excludes halogenated alkanes) is 1. The number of likely N-dealkylation sites (N-methyl/N-ethyl adjacent to an activating group) is 1. The number of amides is 5. The molecule has 0 aliphatic rings. The molecule has 0 spiro atoms. The smallest absolute Gasteiger partial charge is 0.419 e. The van der Waals surface area contributed by atoms with Crippen molar-refractivity contribution in [3.8, 4) is 0 Å². The van der Waals surface area contributed by atoms with Crippen LogP contribution in [0.1, 0.15) is 80.3 Å². The number of imidazole rings is 1. The predicted molar refractivity (Wildman–Crippen MR) is 176 cm³/mol. The molecule has 1 heterocycles. The second-order valence-electron chi connectivity index (χ2n) is 13.8. The summed E-state index contributed by atoms with van der Waals surface area (Å²) in [5.41, 5.74) is -2.70. The minimum atomic E-state index is -1.36. The topological polar surface area (TPSA) is 207 Å². The van der Waals surface area contributed by atoms with Crippen LogP contribution in [0, 0.1) is 0 Å². The molecule has 4 N–H and O–H groups in total. The number of rotatable bonds is 17. The fourth-order valence-electron chi connectivity index (χ4n) is 4.16. The van der Waals surface area contributed by atoms with Crippen molar-refractivity contribution in [1.82, 2.24) is 35.7 Å². The minimum Gasteiger partial charge on any atom is -0.444 e. The summed E-state index contributed by atoms with van der Waals surface area (Å²) in [5, 5.41) is 10.2. The number of nitrogens with zero attached hydrogens (tertiary/aromatic N) is 3. The third-order valence-electron chi connectivity index (χ3n) is 6.52. The first-order valence-electron chi connectivity index (χ1n) is 15.6. The third-order valence-corrected chi connectivity index (χ3v) is 6.52. The van der Waals surface area contributed by atoms with Crippen LogP contribution in [-0.2, 0) is 39.9 Å². The maximum Gasteiger partial charge on any atom is 0.419 e. The number of carbonyl (C=O) groups is 7. The van der Waals surface area contributed by atoms with Crippen LogP contribution in [0.15, 0.2) is 12.5 Å². The zero-order valence-corrected chi connectivity index (χ0v) is 29.4. The number of aromatic nitrogens is 2. The SMILES string of the molecule is [B]CC(=O)C(C)(C)NC(=O)[C@H](Cc1cn(C(=O)OC(C)(C)C)cn1)NC(=O)CN(C)C(=O)[C@H](CCCCNC=O)NC(=O)OC(C)(C)C. The summed E-state index contributed by atoms with van der Waals surface area (Å²) < 4.78 is 11.7. The van der Waals surface area contributed by atoms with Gasteiger partial charge in [0.1, 0.15) is 35.4 Å². The first-order chi connectivity index (χ1) is 22.1. The molecule has 0 saturated carbocycles.